The molecule has 2 aromatic carbocycles. The van der Waals surface area contributed by atoms with Crippen LogP contribution >= 0.6 is 0 Å². The number of hydrogen-bond acceptors (Lipinski definition) is 1. The zero-order valence-corrected chi connectivity index (χ0v) is 16.1. The first kappa shape index (κ1) is 18.2. The Morgan fingerprint density at radius 3 is 1.62 bits per heavy atom. The van der Waals surface area contributed by atoms with Crippen LogP contribution in [0.25, 0.3) is 0 Å². The molecule has 2 radical (unpaired) electrons. The summed E-state index contributed by atoms with van der Waals surface area (Å²) in [4.78, 5) is 2.40. The Balaban J connectivity index is 0.000000315. The Morgan fingerprint density at radius 1 is 0.810 bits per heavy atom. The Bertz CT molecular complexity index is 398. The molecule has 0 amide bonds. The SMILES string of the molecule is CCC[CH2][Sn][CH3].c1ccc(COCc2ccccc2)cc1. The Morgan fingerprint density at radius 2 is 1.29 bits per heavy atom. The van der Waals surface area contributed by atoms with Crippen molar-refractivity contribution in [1.82, 2.24) is 0 Å². The van der Waals surface area contributed by atoms with Gasteiger partial charge in [-0.2, -0.15) is 0 Å². The maximum absolute atomic E-state index is 5.61. The topological polar surface area (TPSA) is 9.23 Å². The van der Waals surface area contributed by atoms with Gasteiger partial charge in [-0.05, 0) is 11.1 Å². The average molecular weight is 389 g/mol. The molecule has 112 valence electrons. The quantitative estimate of drug-likeness (QED) is 0.458. The first-order valence-electron chi connectivity index (χ1n) is 7.67. The van der Waals surface area contributed by atoms with Gasteiger partial charge in [-0.3, -0.25) is 0 Å². The van der Waals surface area contributed by atoms with E-state index in [-0.39, 0.29) is 21.1 Å². The molecule has 1 nitrogen and oxygen atoms in total. The van der Waals surface area contributed by atoms with E-state index >= 15 is 0 Å². The molecule has 0 aliphatic heterocycles. The molecule has 0 heterocycles. The molecule has 0 unspecified atom stereocenters. The van der Waals surface area contributed by atoms with Crippen LogP contribution in [0.2, 0.25) is 9.38 Å². The fourth-order valence-electron chi connectivity index (χ4n) is 1.79. The van der Waals surface area contributed by atoms with Gasteiger partial charge < -0.3 is 4.74 Å². The molecule has 21 heavy (non-hydrogen) atoms. The van der Waals surface area contributed by atoms with Crippen LogP contribution in [0.3, 0.4) is 0 Å². The van der Waals surface area contributed by atoms with Gasteiger partial charge in [-0.1, -0.05) is 60.7 Å². The monoisotopic (exact) mass is 390 g/mol. The molecule has 2 heteroatoms. The van der Waals surface area contributed by atoms with Crippen molar-refractivity contribution in [2.24, 2.45) is 0 Å². The molecule has 0 spiro atoms. The molecule has 0 aromatic heterocycles. The minimum atomic E-state index is 0.190. The van der Waals surface area contributed by atoms with Crippen LogP contribution in [0.5, 0.6) is 0 Å². The minimum absolute atomic E-state index is 0.190. The Kier molecular flexibility index (Phi) is 11.2. The van der Waals surface area contributed by atoms with Crippen molar-refractivity contribution < 1.29 is 4.74 Å². The smallest absolute Gasteiger partial charge is 0.0721 e. The van der Waals surface area contributed by atoms with E-state index < -0.39 is 0 Å². The predicted octanol–water partition coefficient (Wildman–Crippen LogP) is 5.36. The first-order valence-corrected chi connectivity index (χ1v) is 12.5. The van der Waals surface area contributed by atoms with Crippen LogP contribution in [-0.4, -0.2) is 21.1 Å². The van der Waals surface area contributed by atoms with Crippen molar-refractivity contribution in [2.45, 2.75) is 42.4 Å². The molecular formula is C19H26OSn. The van der Waals surface area contributed by atoms with Crippen molar-refractivity contribution in [3.8, 4) is 0 Å². The zero-order chi connectivity index (χ0) is 15.2. The first-order chi connectivity index (χ1) is 10.4. The number of rotatable bonds is 7. The van der Waals surface area contributed by atoms with E-state index in [1.165, 1.54) is 24.0 Å². The van der Waals surface area contributed by atoms with E-state index in [1.54, 1.807) is 4.44 Å². The predicted molar refractivity (Wildman–Crippen MR) is 92.7 cm³/mol. The summed E-state index contributed by atoms with van der Waals surface area (Å²) in [5, 5.41) is 0. The number of unbranched alkanes of at least 4 members (excludes halogenated alkanes) is 1. The molecule has 2 rings (SSSR count). The van der Waals surface area contributed by atoms with Crippen molar-refractivity contribution >= 4 is 21.1 Å². The molecule has 0 aliphatic rings. The Labute approximate surface area is 140 Å². The summed E-state index contributed by atoms with van der Waals surface area (Å²) in [6, 6.07) is 20.4. The Hall–Kier alpha value is -0.801. The van der Waals surface area contributed by atoms with Crippen LogP contribution in [0.4, 0.5) is 0 Å². The summed E-state index contributed by atoms with van der Waals surface area (Å²) >= 11 is 0.190. The van der Waals surface area contributed by atoms with E-state index in [2.05, 4.69) is 36.1 Å². The average Bonchev–Trinajstić information content (AvgIpc) is 2.55. The summed E-state index contributed by atoms with van der Waals surface area (Å²) in [7, 11) is 0. The van der Waals surface area contributed by atoms with Crippen molar-refractivity contribution in [2.75, 3.05) is 0 Å². The standard InChI is InChI=1S/C14H14O.C4H9.CH3.Sn/c1-3-7-13(8-4-1)11-15-12-14-9-5-2-6-10-14;1-3-4-2;;/h1-10H,11-12H2;1,3-4H2,2H3;1H3;. The van der Waals surface area contributed by atoms with Gasteiger partial charge in [0.2, 0.25) is 0 Å². The fraction of sp³-hybridized carbons (Fsp3) is 0.368. The van der Waals surface area contributed by atoms with Gasteiger partial charge in [0.15, 0.2) is 0 Å². The van der Waals surface area contributed by atoms with Crippen LogP contribution in [0.15, 0.2) is 60.7 Å². The summed E-state index contributed by atoms with van der Waals surface area (Å²) < 4.78 is 7.19. The van der Waals surface area contributed by atoms with E-state index in [9.17, 15) is 0 Å². The van der Waals surface area contributed by atoms with Crippen molar-refractivity contribution in [3.63, 3.8) is 0 Å². The van der Waals surface area contributed by atoms with Crippen molar-refractivity contribution in [3.05, 3.63) is 71.8 Å². The fourth-order valence-corrected chi connectivity index (χ4v) is 3.81. The van der Waals surface area contributed by atoms with E-state index in [0.717, 1.165) is 0 Å². The molecule has 2 aromatic rings. The zero-order valence-electron chi connectivity index (χ0n) is 13.2. The maximum atomic E-state index is 5.61. The number of hydrogen-bond donors (Lipinski definition) is 0. The van der Waals surface area contributed by atoms with E-state index in [0.29, 0.717) is 13.2 Å². The summed E-state index contributed by atoms with van der Waals surface area (Å²) in [5.41, 5.74) is 2.43. The third-order valence-electron chi connectivity index (χ3n) is 3.00. The van der Waals surface area contributed by atoms with Gasteiger partial charge in [-0.25, -0.2) is 0 Å². The summed E-state index contributed by atoms with van der Waals surface area (Å²) in [6.45, 7) is 3.61. The summed E-state index contributed by atoms with van der Waals surface area (Å²) in [6.07, 6.45) is 2.89. The molecule has 0 N–H and O–H groups in total. The second-order valence-corrected chi connectivity index (χ2v) is 8.37. The molecule has 0 fully saturated rings. The van der Waals surface area contributed by atoms with Gasteiger partial charge in [0.25, 0.3) is 0 Å². The van der Waals surface area contributed by atoms with Crippen LogP contribution in [0.1, 0.15) is 30.9 Å². The van der Waals surface area contributed by atoms with Crippen LogP contribution in [-0.2, 0) is 18.0 Å². The van der Waals surface area contributed by atoms with E-state index in [4.69, 9.17) is 4.74 Å². The summed E-state index contributed by atoms with van der Waals surface area (Å²) in [5.74, 6) is 0. The molecule has 0 atom stereocenters. The van der Waals surface area contributed by atoms with Crippen LogP contribution < -0.4 is 0 Å². The third-order valence-corrected chi connectivity index (χ3v) is 5.44. The second kappa shape index (κ2) is 12.9. The normalized spacial score (nSPS) is 9.81. The van der Waals surface area contributed by atoms with Crippen LogP contribution in [0, 0.1) is 0 Å². The maximum Gasteiger partial charge on any atom is 0.0721 e. The van der Waals surface area contributed by atoms with Gasteiger partial charge in [0.1, 0.15) is 0 Å². The van der Waals surface area contributed by atoms with E-state index in [1.807, 2.05) is 36.4 Å². The molecular weight excluding hydrogens is 363 g/mol. The molecule has 0 bridgehead atoms. The number of ether oxygens (including phenoxy) is 1. The molecule has 0 saturated heterocycles. The second-order valence-electron chi connectivity index (χ2n) is 4.92. The largest absolute Gasteiger partial charge is 0.372 e. The van der Waals surface area contributed by atoms with Gasteiger partial charge >= 0.3 is 50.3 Å². The van der Waals surface area contributed by atoms with Gasteiger partial charge in [0, 0.05) is 0 Å². The van der Waals surface area contributed by atoms with Gasteiger partial charge in [-0.15, -0.1) is 0 Å². The van der Waals surface area contributed by atoms with Crippen molar-refractivity contribution in [1.29, 1.82) is 0 Å². The molecule has 0 aliphatic carbocycles. The molecule has 0 saturated carbocycles. The van der Waals surface area contributed by atoms with Gasteiger partial charge in [0.05, 0.1) is 13.2 Å². The number of benzene rings is 2. The third kappa shape index (κ3) is 9.70. The minimum Gasteiger partial charge on any atom is -0.372 e.